The van der Waals surface area contributed by atoms with Crippen molar-refractivity contribution in [3.63, 3.8) is 0 Å². The minimum Gasteiger partial charge on any atom is -0.396 e. The highest BCUT2D eigenvalue weighted by Gasteiger charge is 2.03. The van der Waals surface area contributed by atoms with Crippen molar-refractivity contribution in [1.29, 1.82) is 0 Å². The standard InChI is InChI=1S/C10H15ClN2O/c1-8(4-6-14)13-7-9-3-2-5-12-10(9)11/h2-3,5,8,13-14H,4,6-7H2,1H3/t8-/m1/s1. The summed E-state index contributed by atoms with van der Waals surface area (Å²) in [7, 11) is 0. The van der Waals surface area contributed by atoms with Crippen molar-refractivity contribution in [2.75, 3.05) is 6.61 Å². The highest BCUT2D eigenvalue weighted by Crippen LogP contribution is 2.11. The Labute approximate surface area is 89.1 Å². The second-order valence-corrected chi connectivity index (χ2v) is 3.61. The zero-order valence-corrected chi connectivity index (χ0v) is 8.96. The molecule has 1 rings (SSSR count). The second kappa shape index (κ2) is 5.96. The van der Waals surface area contributed by atoms with Gasteiger partial charge in [-0.25, -0.2) is 4.98 Å². The molecule has 14 heavy (non-hydrogen) atoms. The van der Waals surface area contributed by atoms with Crippen LogP contribution >= 0.6 is 11.6 Å². The Morgan fingerprint density at radius 2 is 2.43 bits per heavy atom. The zero-order valence-electron chi connectivity index (χ0n) is 8.20. The van der Waals surface area contributed by atoms with E-state index in [4.69, 9.17) is 16.7 Å². The molecule has 0 radical (unpaired) electrons. The SMILES string of the molecule is C[C@H](CCO)NCc1cccnc1Cl. The summed E-state index contributed by atoms with van der Waals surface area (Å²) < 4.78 is 0. The lowest BCUT2D eigenvalue weighted by Gasteiger charge is -2.12. The van der Waals surface area contributed by atoms with E-state index in [-0.39, 0.29) is 12.6 Å². The lowest BCUT2D eigenvalue weighted by atomic mass is 10.2. The molecule has 0 aliphatic rings. The molecule has 0 bridgehead atoms. The van der Waals surface area contributed by atoms with Crippen molar-refractivity contribution in [1.82, 2.24) is 10.3 Å². The Kier molecular flexibility index (Phi) is 4.87. The maximum atomic E-state index is 8.71. The Bertz CT molecular complexity index is 281. The molecule has 78 valence electrons. The van der Waals surface area contributed by atoms with Crippen LogP contribution in [0.4, 0.5) is 0 Å². The summed E-state index contributed by atoms with van der Waals surface area (Å²) in [6, 6.07) is 4.09. The number of hydrogen-bond donors (Lipinski definition) is 2. The van der Waals surface area contributed by atoms with E-state index in [0.29, 0.717) is 11.7 Å². The minimum atomic E-state index is 0.203. The van der Waals surface area contributed by atoms with Gasteiger partial charge in [0, 0.05) is 31.0 Å². The first-order valence-corrected chi connectivity index (χ1v) is 5.05. The molecule has 3 nitrogen and oxygen atoms in total. The van der Waals surface area contributed by atoms with Gasteiger partial charge in [-0.05, 0) is 19.4 Å². The van der Waals surface area contributed by atoms with Gasteiger partial charge >= 0.3 is 0 Å². The summed E-state index contributed by atoms with van der Waals surface area (Å²) >= 11 is 5.88. The lowest BCUT2D eigenvalue weighted by molar-refractivity contribution is 0.268. The molecule has 0 unspecified atom stereocenters. The van der Waals surface area contributed by atoms with E-state index in [1.54, 1.807) is 6.20 Å². The molecule has 0 saturated carbocycles. The molecule has 0 spiro atoms. The van der Waals surface area contributed by atoms with E-state index in [9.17, 15) is 0 Å². The van der Waals surface area contributed by atoms with Gasteiger partial charge in [0.2, 0.25) is 0 Å². The molecule has 0 aliphatic heterocycles. The summed E-state index contributed by atoms with van der Waals surface area (Å²) in [5.74, 6) is 0. The number of aromatic nitrogens is 1. The first kappa shape index (κ1) is 11.4. The van der Waals surface area contributed by atoms with Crippen molar-refractivity contribution in [3.05, 3.63) is 29.0 Å². The number of aliphatic hydroxyl groups excluding tert-OH is 1. The number of pyridine rings is 1. The third kappa shape index (κ3) is 3.62. The van der Waals surface area contributed by atoms with Gasteiger partial charge in [-0.2, -0.15) is 0 Å². The minimum absolute atomic E-state index is 0.203. The summed E-state index contributed by atoms with van der Waals surface area (Å²) in [4.78, 5) is 3.98. The van der Waals surface area contributed by atoms with Crippen molar-refractivity contribution in [2.45, 2.75) is 25.9 Å². The van der Waals surface area contributed by atoms with Gasteiger partial charge in [-0.1, -0.05) is 17.7 Å². The summed E-state index contributed by atoms with van der Waals surface area (Å²) in [5.41, 5.74) is 0.985. The van der Waals surface area contributed by atoms with E-state index in [0.717, 1.165) is 12.0 Å². The zero-order chi connectivity index (χ0) is 10.4. The average Bonchev–Trinajstić information content (AvgIpc) is 2.17. The number of aliphatic hydroxyl groups is 1. The molecule has 0 aliphatic carbocycles. The second-order valence-electron chi connectivity index (χ2n) is 3.25. The van der Waals surface area contributed by atoms with Crippen LogP contribution in [0.3, 0.4) is 0 Å². The van der Waals surface area contributed by atoms with Crippen LogP contribution in [-0.2, 0) is 6.54 Å². The monoisotopic (exact) mass is 214 g/mol. The van der Waals surface area contributed by atoms with Gasteiger partial charge in [0.15, 0.2) is 0 Å². The van der Waals surface area contributed by atoms with E-state index < -0.39 is 0 Å². The number of halogens is 1. The molecule has 0 amide bonds. The van der Waals surface area contributed by atoms with Crippen molar-refractivity contribution in [2.24, 2.45) is 0 Å². The third-order valence-corrected chi connectivity index (χ3v) is 2.38. The molecular formula is C10H15ClN2O. The molecule has 2 N–H and O–H groups in total. The molecule has 1 aromatic rings. The van der Waals surface area contributed by atoms with Gasteiger partial charge in [-0.3, -0.25) is 0 Å². The fourth-order valence-corrected chi connectivity index (χ4v) is 1.32. The normalized spacial score (nSPS) is 12.8. The van der Waals surface area contributed by atoms with Crippen LogP contribution in [0.15, 0.2) is 18.3 Å². The van der Waals surface area contributed by atoms with Crippen LogP contribution < -0.4 is 5.32 Å². The highest BCUT2D eigenvalue weighted by molar-refractivity contribution is 6.30. The summed E-state index contributed by atoms with van der Waals surface area (Å²) in [6.45, 7) is 2.92. The molecule has 4 heteroatoms. The highest BCUT2D eigenvalue weighted by atomic mass is 35.5. The molecule has 1 heterocycles. The smallest absolute Gasteiger partial charge is 0.133 e. The van der Waals surface area contributed by atoms with E-state index in [1.807, 2.05) is 19.1 Å². The van der Waals surface area contributed by atoms with Gasteiger partial charge in [0.05, 0.1) is 0 Å². The summed E-state index contributed by atoms with van der Waals surface area (Å²) in [6.07, 6.45) is 2.42. The van der Waals surface area contributed by atoms with Crippen LogP contribution in [-0.4, -0.2) is 22.7 Å². The van der Waals surface area contributed by atoms with E-state index in [1.165, 1.54) is 0 Å². The first-order valence-electron chi connectivity index (χ1n) is 4.67. The largest absolute Gasteiger partial charge is 0.396 e. The van der Waals surface area contributed by atoms with Gasteiger partial charge in [0.25, 0.3) is 0 Å². The lowest BCUT2D eigenvalue weighted by Crippen LogP contribution is -2.26. The molecular weight excluding hydrogens is 200 g/mol. The fraction of sp³-hybridized carbons (Fsp3) is 0.500. The Hall–Kier alpha value is -0.640. The topological polar surface area (TPSA) is 45.1 Å². The predicted molar refractivity (Wildman–Crippen MR) is 57.3 cm³/mol. The van der Waals surface area contributed by atoms with Crippen LogP contribution in [0.1, 0.15) is 18.9 Å². The van der Waals surface area contributed by atoms with E-state index in [2.05, 4.69) is 10.3 Å². The Morgan fingerprint density at radius 3 is 3.07 bits per heavy atom. The maximum absolute atomic E-state index is 8.71. The average molecular weight is 215 g/mol. The predicted octanol–water partition coefficient (Wildman–Crippen LogP) is 1.60. The number of nitrogens with zero attached hydrogens (tertiary/aromatic N) is 1. The first-order chi connectivity index (χ1) is 6.74. The quantitative estimate of drug-likeness (QED) is 0.732. The number of hydrogen-bond acceptors (Lipinski definition) is 3. The number of rotatable bonds is 5. The molecule has 0 fully saturated rings. The molecule has 1 atom stereocenters. The van der Waals surface area contributed by atoms with Crippen molar-refractivity contribution in [3.8, 4) is 0 Å². The maximum Gasteiger partial charge on any atom is 0.133 e. The molecule has 0 aromatic carbocycles. The van der Waals surface area contributed by atoms with Gasteiger partial charge < -0.3 is 10.4 Å². The van der Waals surface area contributed by atoms with Crippen molar-refractivity contribution >= 4 is 11.6 Å². The van der Waals surface area contributed by atoms with Gasteiger partial charge in [-0.15, -0.1) is 0 Å². The third-order valence-electron chi connectivity index (χ3n) is 2.04. The van der Waals surface area contributed by atoms with Crippen molar-refractivity contribution < 1.29 is 5.11 Å². The van der Waals surface area contributed by atoms with Gasteiger partial charge in [0.1, 0.15) is 5.15 Å². The summed E-state index contributed by atoms with van der Waals surface area (Å²) in [5, 5.41) is 12.5. The fourth-order valence-electron chi connectivity index (χ4n) is 1.13. The van der Waals surface area contributed by atoms with Crippen LogP contribution in [0.25, 0.3) is 0 Å². The Morgan fingerprint density at radius 1 is 1.64 bits per heavy atom. The molecule has 0 saturated heterocycles. The Balaban J connectivity index is 2.41. The van der Waals surface area contributed by atoms with Crippen LogP contribution in [0.5, 0.6) is 0 Å². The number of nitrogens with one attached hydrogen (secondary N) is 1. The van der Waals surface area contributed by atoms with Crippen LogP contribution in [0, 0.1) is 0 Å². The van der Waals surface area contributed by atoms with E-state index >= 15 is 0 Å². The van der Waals surface area contributed by atoms with Crippen LogP contribution in [0.2, 0.25) is 5.15 Å². The molecule has 1 aromatic heterocycles.